The second kappa shape index (κ2) is 24.3. The molecule has 0 radical (unpaired) electrons. The van der Waals surface area contributed by atoms with E-state index in [9.17, 15) is 37.2 Å². The summed E-state index contributed by atoms with van der Waals surface area (Å²) in [5, 5.41) is 3.53. The zero-order valence-corrected chi connectivity index (χ0v) is 44.8. The average molecular weight is 1100 g/mol. The summed E-state index contributed by atoms with van der Waals surface area (Å²) in [7, 11) is 1.42. The van der Waals surface area contributed by atoms with Crippen LogP contribution in [0.15, 0.2) is 157 Å². The van der Waals surface area contributed by atoms with Crippen LogP contribution in [0.1, 0.15) is 36.0 Å². The Morgan fingerprint density at radius 2 is 0.838 bits per heavy atom. The van der Waals surface area contributed by atoms with E-state index in [1.807, 2.05) is 73.2 Å². The highest BCUT2D eigenvalue weighted by Gasteiger charge is 2.15. The molecule has 0 aliphatic heterocycles. The lowest BCUT2D eigenvalue weighted by Gasteiger charge is -2.09. The number of aryl methyl sites for hydroxylation is 6. The Kier molecular flexibility index (Phi) is 16.7. The lowest BCUT2D eigenvalue weighted by atomic mass is 10.1. The fourth-order valence-electron chi connectivity index (χ4n) is 9.24. The number of nitrogens with zero attached hydrogens (tertiary/aromatic N) is 11. The molecule has 0 amide bonds. The summed E-state index contributed by atoms with van der Waals surface area (Å²) in [5.74, 6) is 0. The Morgan fingerprint density at radius 1 is 0.475 bits per heavy atom. The van der Waals surface area contributed by atoms with Gasteiger partial charge in [0.2, 0.25) is 0 Å². The Balaban J connectivity index is 0.000000133. The van der Waals surface area contributed by atoms with Crippen molar-refractivity contribution in [2.24, 2.45) is 21.1 Å². The lowest BCUT2D eigenvalue weighted by Crippen LogP contribution is -2.39. The molecule has 0 aliphatic carbocycles. The second-order valence-corrected chi connectivity index (χ2v) is 20.2. The topological polar surface area (TPSA) is 311 Å². The lowest BCUT2D eigenvalue weighted by molar-refractivity contribution is 0.316. The van der Waals surface area contributed by atoms with Gasteiger partial charge in [0.25, 0.3) is 26.8 Å². The smallest absolute Gasteiger partial charge is 0.332 e. The van der Waals surface area contributed by atoms with E-state index in [0.717, 1.165) is 42.1 Å². The van der Waals surface area contributed by atoms with Gasteiger partial charge in [-0.3, -0.25) is 46.4 Å². The zero-order valence-electron chi connectivity index (χ0n) is 44.0. The van der Waals surface area contributed by atoms with Crippen LogP contribution in [-0.2, 0) is 67.8 Å². The molecule has 80 heavy (non-hydrogen) atoms. The van der Waals surface area contributed by atoms with Crippen molar-refractivity contribution in [3.05, 3.63) is 208 Å². The SMILES string of the molecule is CS(=O)(=O)OCCCc1c[nH]c2ccccc12.Cn1c(=O)[nH]c(=O)c2nccnc21.Cn1c(=O)n(CCCc2c[nH]c3ccccc23)c(=O)c2nccnc21.Cn1c(=O)n(CCCc2c[nH]c3ccccc23)c(=O)c2nccnc21. The van der Waals surface area contributed by atoms with Crippen molar-refractivity contribution in [2.75, 3.05) is 12.9 Å². The number of aromatic amines is 4. The van der Waals surface area contributed by atoms with Crippen molar-refractivity contribution >= 4 is 76.3 Å². The number of hydrogen-bond donors (Lipinski definition) is 4. The van der Waals surface area contributed by atoms with Gasteiger partial charge in [0.1, 0.15) is 0 Å². The minimum absolute atomic E-state index is 0.171. The molecule has 24 nitrogen and oxygen atoms in total. The quantitative estimate of drug-likeness (QED) is 0.0924. The highest BCUT2D eigenvalue weighted by molar-refractivity contribution is 7.85. The predicted octanol–water partition coefficient (Wildman–Crippen LogP) is 4.30. The van der Waals surface area contributed by atoms with Crippen molar-refractivity contribution in [2.45, 2.75) is 51.6 Å². The summed E-state index contributed by atoms with van der Waals surface area (Å²) in [6, 6.07) is 24.2. The molecule has 0 spiro atoms. The van der Waals surface area contributed by atoms with Crippen molar-refractivity contribution < 1.29 is 12.6 Å². The molecule has 9 heterocycles. The first-order chi connectivity index (χ1) is 38.6. The molecular weight excluding hydrogens is 1050 g/mol. The van der Waals surface area contributed by atoms with Gasteiger partial charge >= 0.3 is 17.1 Å². The van der Waals surface area contributed by atoms with Gasteiger partial charge in [0, 0.05) is 123 Å². The molecule has 9 aromatic heterocycles. The van der Waals surface area contributed by atoms with E-state index in [0.29, 0.717) is 43.6 Å². The fraction of sp³-hybridized carbons (Fsp3) is 0.236. The maximum Gasteiger partial charge on any atom is 0.332 e. The molecule has 12 rings (SSSR count). The third-order valence-corrected chi connectivity index (χ3v) is 13.8. The van der Waals surface area contributed by atoms with Crippen LogP contribution >= 0.6 is 0 Å². The van der Waals surface area contributed by atoms with E-state index in [-0.39, 0.29) is 51.3 Å². The number of para-hydroxylation sites is 3. The van der Waals surface area contributed by atoms with Crippen LogP contribution in [0.25, 0.3) is 66.2 Å². The average Bonchev–Trinajstić information content (AvgIpc) is 4.28. The second-order valence-electron chi connectivity index (χ2n) is 18.5. The minimum Gasteiger partial charge on any atom is -0.361 e. The number of H-pyrrole nitrogens is 4. The molecule has 25 heteroatoms. The van der Waals surface area contributed by atoms with E-state index < -0.39 is 21.4 Å². The molecule has 0 saturated heterocycles. The van der Waals surface area contributed by atoms with Gasteiger partial charge in [-0.25, -0.2) is 44.3 Å². The molecular formula is C55H55N15O9S. The summed E-state index contributed by atoms with van der Waals surface area (Å²) in [4.78, 5) is 108. The molecule has 3 aromatic carbocycles. The van der Waals surface area contributed by atoms with Crippen LogP contribution in [0.4, 0.5) is 0 Å². The Bertz CT molecular complexity index is 4510. The van der Waals surface area contributed by atoms with Crippen LogP contribution < -0.4 is 33.7 Å². The first-order valence-electron chi connectivity index (χ1n) is 25.3. The van der Waals surface area contributed by atoms with Crippen molar-refractivity contribution in [3.8, 4) is 0 Å². The third-order valence-electron chi connectivity index (χ3n) is 13.2. The van der Waals surface area contributed by atoms with Gasteiger partial charge in [0.05, 0.1) is 12.9 Å². The third kappa shape index (κ3) is 12.2. The predicted molar refractivity (Wildman–Crippen MR) is 304 cm³/mol. The van der Waals surface area contributed by atoms with Gasteiger partial charge in [-0.1, -0.05) is 54.6 Å². The largest absolute Gasteiger partial charge is 0.361 e. The Labute approximate surface area is 453 Å². The van der Waals surface area contributed by atoms with Crippen molar-refractivity contribution in [1.29, 1.82) is 0 Å². The van der Waals surface area contributed by atoms with E-state index in [1.165, 1.54) is 99.9 Å². The molecule has 0 atom stereocenters. The summed E-state index contributed by atoms with van der Waals surface area (Å²) in [6.45, 7) is 0.924. The highest BCUT2D eigenvalue weighted by Crippen LogP contribution is 2.21. The molecule has 0 fully saturated rings. The van der Waals surface area contributed by atoms with Gasteiger partial charge in [-0.2, -0.15) is 8.42 Å². The molecule has 410 valence electrons. The molecule has 0 saturated carbocycles. The van der Waals surface area contributed by atoms with E-state index >= 15 is 0 Å². The molecule has 0 aliphatic rings. The number of hydrogen-bond acceptors (Lipinski definition) is 15. The van der Waals surface area contributed by atoms with Crippen molar-refractivity contribution in [1.82, 2.24) is 72.7 Å². The number of aromatic nitrogens is 15. The molecule has 4 N–H and O–H groups in total. The first kappa shape index (κ1) is 55.0. The standard InChI is InChI=1S/2C18H17N5O2.C12H15NO3S.C7H6N4O2/c2*1-22-16-15(19-8-9-20-16)17(24)23(18(22)25)10-4-5-12-11-21-14-7-3-2-6-13(12)14;1-17(14,15)16-8-4-5-10-9-13-12-7-3-2-6-11(10)12;1-11-5-4(8-2-3-9-5)6(12)10-7(11)13/h2*2-3,6-9,11,21H,4-5,10H2,1H3;2-3,6-7,9,13H,4-5,8H2,1H3;2-3H,1H3,(H,10,12,13). The summed E-state index contributed by atoms with van der Waals surface area (Å²) in [5.41, 5.74) is 5.86. The van der Waals surface area contributed by atoms with Crippen LogP contribution in [0.3, 0.4) is 0 Å². The number of benzene rings is 3. The van der Waals surface area contributed by atoms with E-state index in [2.05, 4.69) is 68.0 Å². The van der Waals surface area contributed by atoms with Gasteiger partial charge in [-0.15, -0.1) is 0 Å². The van der Waals surface area contributed by atoms with Crippen LogP contribution in [0.2, 0.25) is 0 Å². The fourth-order valence-corrected chi connectivity index (χ4v) is 9.66. The zero-order chi connectivity index (χ0) is 56.5. The summed E-state index contributed by atoms with van der Waals surface area (Å²) >= 11 is 0. The molecule has 0 unspecified atom stereocenters. The maximum absolute atomic E-state index is 12.5. The van der Waals surface area contributed by atoms with Crippen LogP contribution in [0.5, 0.6) is 0 Å². The normalized spacial score (nSPS) is 11.4. The van der Waals surface area contributed by atoms with E-state index in [1.54, 1.807) is 14.1 Å². The Morgan fingerprint density at radius 3 is 1.25 bits per heavy atom. The first-order valence-corrected chi connectivity index (χ1v) is 27.1. The van der Waals surface area contributed by atoms with Crippen molar-refractivity contribution in [3.63, 3.8) is 0 Å². The number of rotatable bonds is 13. The Hall–Kier alpha value is -9.75. The van der Waals surface area contributed by atoms with Crippen LogP contribution in [0, 0.1) is 0 Å². The summed E-state index contributed by atoms with van der Waals surface area (Å²) < 4.78 is 32.7. The maximum atomic E-state index is 12.5. The minimum atomic E-state index is -3.32. The summed E-state index contributed by atoms with van der Waals surface area (Å²) in [6.07, 6.45) is 20.1. The van der Waals surface area contributed by atoms with E-state index in [4.69, 9.17) is 4.18 Å². The van der Waals surface area contributed by atoms with Crippen LogP contribution in [-0.4, -0.2) is 94.0 Å². The number of fused-ring (bicyclic) bond motifs is 6. The van der Waals surface area contributed by atoms with Gasteiger partial charge in [0.15, 0.2) is 33.5 Å². The molecule has 0 bridgehead atoms. The number of nitrogens with one attached hydrogen (secondary N) is 4. The monoisotopic (exact) mass is 1100 g/mol. The molecule has 12 aromatic rings. The van der Waals surface area contributed by atoms with Gasteiger partial charge in [-0.05, 0) is 73.4 Å². The van der Waals surface area contributed by atoms with Gasteiger partial charge < -0.3 is 15.0 Å². The highest BCUT2D eigenvalue weighted by atomic mass is 32.2.